The van der Waals surface area contributed by atoms with E-state index in [9.17, 15) is 9.59 Å². The summed E-state index contributed by atoms with van der Waals surface area (Å²) in [6, 6.07) is 45.9. The zero-order valence-corrected chi connectivity index (χ0v) is 33.4. The van der Waals surface area contributed by atoms with Crippen LogP contribution in [0.2, 0.25) is 0 Å². The van der Waals surface area contributed by atoms with Crippen molar-refractivity contribution in [3.63, 3.8) is 0 Å². The first-order valence-corrected chi connectivity index (χ1v) is 20.6. The van der Waals surface area contributed by atoms with Gasteiger partial charge in [-0.25, -0.2) is 19.6 Å². The second kappa shape index (κ2) is 16.2. The summed E-state index contributed by atoms with van der Waals surface area (Å²) in [6.07, 6.45) is 2.26. The second-order valence-electron chi connectivity index (χ2n) is 13.7. The molecule has 6 aromatic carbocycles. The minimum Gasteiger partial charge on any atom is -0.490 e. The summed E-state index contributed by atoms with van der Waals surface area (Å²) >= 11 is 3.35. The lowest BCUT2D eigenvalue weighted by molar-refractivity contribution is -0.139. The lowest BCUT2D eigenvalue weighted by Gasteiger charge is -2.34. The van der Waals surface area contributed by atoms with Crippen LogP contribution < -0.4 is 9.47 Å². The standard InChI is InChI=1S/C49H36N2O6S2/c1-3-45(52)56-25-23-54-35-17-19-39-37(29-35)38-30-36(55-24-26-57-46(53)4-2)18-20-40(38)49(39,33-15-21-43-41(27-33)50-47(58-43)31-11-7-5-8-12-31)34-16-22-44-42(28-34)51-48(59-44)32-13-9-6-10-14-32/h3-22,27-30H,1-2,23-26H2. The Morgan fingerprint density at radius 2 is 0.983 bits per heavy atom. The molecule has 0 fully saturated rings. The van der Waals surface area contributed by atoms with E-state index in [-0.39, 0.29) is 26.4 Å². The summed E-state index contributed by atoms with van der Waals surface area (Å²) in [7, 11) is 0. The van der Waals surface area contributed by atoms with Crippen LogP contribution in [-0.2, 0) is 24.5 Å². The van der Waals surface area contributed by atoms with E-state index < -0.39 is 17.4 Å². The van der Waals surface area contributed by atoms with E-state index in [2.05, 4.69) is 86.0 Å². The largest absolute Gasteiger partial charge is 0.490 e. The van der Waals surface area contributed by atoms with Gasteiger partial charge >= 0.3 is 11.9 Å². The van der Waals surface area contributed by atoms with Gasteiger partial charge in [0.1, 0.15) is 47.9 Å². The van der Waals surface area contributed by atoms with E-state index in [4.69, 9.17) is 28.9 Å². The van der Waals surface area contributed by atoms with Crippen molar-refractivity contribution in [3.8, 4) is 43.8 Å². The fourth-order valence-electron chi connectivity index (χ4n) is 7.71. The van der Waals surface area contributed by atoms with E-state index in [0.717, 1.165) is 87.1 Å². The molecule has 0 unspecified atom stereocenters. The molecule has 0 radical (unpaired) electrons. The highest BCUT2D eigenvalue weighted by molar-refractivity contribution is 7.22. The van der Waals surface area contributed by atoms with Crippen LogP contribution in [0.4, 0.5) is 0 Å². The summed E-state index contributed by atoms with van der Waals surface area (Å²) in [5, 5.41) is 1.91. The van der Waals surface area contributed by atoms with Crippen molar-refractivity contribution >= 4 is 55.0 Å². The molecule has 0 atom stereocenters. The molecule has 0 spiro atoms. The highest BCUT2D eigenvalue weighted by Gasteiger charge is 2.47. The predicted octanol–water partition coefficient (Wildman–Crippen LogP) is 10.8. The number of aromatic nitrogens is 2. The van der Waals surface area contributed by atoms with Gasteiger partial charge in [0.2, 0.25) is 0 Å². The number of carbonyl (C=O) groups is 2. The number of benzene rings is 6. The Hall–Kier alpha value is -6.88. The van der Waals surface area contributed by atoms with Gasteiger partial charge < -0.3 is 18.9 Å². The Morgan fingerprint density at radius 3 is 1.41 bits per heavy atom. The molecule has 8 aromatic rings. The molecule has 0 N–H and O–H groups in total. The molecule has 1 aliphatic rings. The van der Waals surface area contributed by atoms with Crippen molar-refractivity contribution in [2.45, 2.75) is 5.41 Å². The molecule has 290 valence electrons. The molecular formula is C49H36N2O6S2. The minimum absolute atomic E-state index is 0.0775. The van der Waals surface area contributed by atoms with Crippen molar-refractivity contribution in [3.05, 3.63) is 181 Å². The topological polar surface area (TPSA) is 96.8 Å². The first-order chi connectivity index (χ1) is 28.9. The Labute approximate surface area is 348 Å². The van der Waals surface area contributed by atoms with Gasteiger partial charge in [0.05, 0.1) is 25.8 Å². The van der Waals surface area contributed by atoms with E-state index in [1.165, 1.54) is 0 Å². The fourth-order valence-corrected chi connectivity index (χ4v) is 9.61. The second-order valence-corrected chi connectivity index (χ2v) is 15.8. The predicted molar refractivity (Wildman–Crippen MR) is 234 cm³/mol. The van der Waals surface area contributed by atoms with Crippen molar-refractivity contribution in [1.29, 1.82) is 0 Å². The molecule has 0 bridgehead atoms. The molecule has 0 saturated heterocycles. The van der Waals surface area contributed by atoms with Crippen LogP contribution in [0.25, 0.3) is 52.7 Å². The molecule has 0 aliphatic heterocycles. The average Bonchev–Trinajstić information content (AvgIpc) is 3.99. The van der Waals surface area contributed by atoms with Gasteiger partial charge in [-0.05, 0) is 81.9 Å². The molecule has 10 heteroatoms. The Bertz CT molecular complexity index is 2690. The molecule has 2 heterocycles. The van der Waals surface area contributed by atoms with Crippen molar-refractivity contribution < 1.29 is 28.5 Å². The number of ether oxygens (including phenoxy) is 4. The Kier molecular flexibility index (Phi) is 10.3. The molecule has 0 amide bonds. The number of rotatable bonds is 14. The van der Waals surface area contributed by atoms with Crippen LogP contribution in [0.5, 0.6) is 11.5 Å². The molecule has 8 nitrogen and oxygen atoms in total. The summed E-state index contributed by atoms with van der Waals surface area (Å²) in [4.78, 5) is 33.7. The van der Waals surface area contributed by atoms with Crippen LogP contribution in [0.3, 0.4) is 0 Å². The zero-order valence-electron chi connectivity index (χ0n) is 31.8. The fraction of sp³-hybridized carbons (Fsp3) is 0.102. The van der Waals surface area contributed by atoms with E-state index in [1.807, 2.05) is 60.7 Å². The SMILES string of the molecule is C=CC(=O)OCCOc1ccc2c(c1)-c1cc(OCCOC(=O)C=C)ccc1C2(c1ccc2sc(-c3ccccc3)nc2c1)c1ccc2sc(-c3ccccc3)nc2c1. The van der Waals surface area contributed by atoms with Crippen molar-refractivity contribution in [1.82, 2.24) is 9.97 Å². The molecule has 2 aromatic heterocycles. The van der Waals surface area contributed by atoms with Crippen LogP contribution in [0.1, 0.15) is 22.3 Å². The lowest BCUT2D eigenvalue weighted by Crippen LogP contribution is -2.28. The number of esters is 2. The van der Waals surface area contributed by atoms with Crippen LogP contribution in [-0.4, -0.2) is 48.3 Å². The number of hydrogen-bond acceptors (Lipinski definition) is 10. The first-order valence-electron chi connectivity index (χ1n) is 19.0. The van der Waals surface area contributed by atoms with Gasteiger partial charge in [-0.2, -0.15) is 0 Å². The molecular weight excluding hydrogens is 777 g/mol. The summed E-state index contributed by atoms with van der Waals surface area (Å²) in [5.41, 5.74) is 9.24. The third-order valence-corrected chi connectivity index (χ3v) is 12.5. The van der Waals surface area contributed by atoms with Crippen molar-refractivity contribution in [2.24, 2.45) is 0 Å². The Morgan fingerprint density at radius 1 is 0.542 bits per heavy atom. The highest BCUT2D eigenvalue weighted by atomic mass is 32.1. The molecule has 0 saturated carbocycles. The normalized spacial score (nSPS) is 12.4. The van der Waals surface area contributed by atoms with Crippen molar-refractivity contribution in [2.75, 3.05) is 26.4 Å². The number of hydrogen-bond donors (Lipinski definition) is 0. The molecule has 1 aliphatic carbocycles. The van der Waals surface area contributed by atoms with Crippen LogP contribution >= 0.6 is 22.7 Å². The number of nitrogens with zero attached hydrogens (tertiary/aromatic N) is 2. The highest BCUT2D eigenvalue weighted by Crippen LogP contribution is 2.58. The van der Waals surface area contributed by atoms with E-state index in [1.54, 1.807) is 22.7 Å². The van der Waals surface area contributed by atoms with Gasteiger partial charge in [-0.15, -0.1) is 22.7 Å². The summed E-state index contributed by atoms with van der Waals surface area (Å²) in [6.45, 7) is 7.42. The average molecular weight is 813 g/mol. The maximum Gasteiger partial charge on any atom is 0.330 e. The first kappa shape index (κ1) is 37.7. The maximum absolute atomic E-state index is 11.7. The number of thiazole rings is 2. The molecule has 9 rings (SSSR count). The smallest absolute Gasteiger partial charge is 0.330 e. The Balaban J connectivity index is 1.22. The third kappa shape index (κ3) is 7.17. The van der Waals surface area contributed by atoms with Gasteiger partial charge in [-0.3, -0.25) is 0 Å². The van der Waals surface area contributed by atoms with Gasteiger partial charge in [0, 0.05) is 23.3 Å². The van der Waals surface area contributed by atoms with Gasteiger partial charge in [0.25, 0.3) is 0 Å². The summed E-state index contributed by atoms with van der Waals surface area (Å²) in [5.74, 6) is 0.225. The third-order valence-electron chi connectivity index (χ3n) is 10.3. The van der Waals surface area contributed by atoms with Crippen LogP contribution in [0, 0.1) is 0 Å². The summed E-state index contributed by atoms with van der Waals surface area (Å²) < 4.78 is 24.8. The number of carbonyl (C=O) groups excluding carboxylic acids is 2. The maximum atomic E-state index is 11.7. The van der Waals surface area contributed by atoms with E-state index in [0.29, 0.717) is 11.5 Å². The van der Waals surface area contributed by atoms with E-state index >= 15 is 0 Å². The van der Waals surface area contributed by atoms with Gasteiger partial charge in [0.15, 0.2) is 0 Å². The number of fused-ring (bicyclic) bond motifs is 5. The molecule has 59 heavy (non-hydrogen) atoms. The monoisotopic (exact) mass is 812 g/mol. The van der Waals surface area contributed by atoms with Gasteiger partial charge in [-0.1, -0.05) is 98.1 Å². The lowest BCUT2D eigenvalue weighted by atomic mass is 9.67. The quantitative estimate of drug-likeness (QED) is 0.0608. The minimum atomic E-state index is -0.809. The zero-order chi connectivity index (χ0) is 40.3. The van der Waals surface area contributed by atoms with Crippen LogP contribution in [0.15, 0.2) is 159 Å².